The number of carbonyl (C=O) groups excluding carboxylic acids is 2. The molecule has 0 saturated carbocycles. The molecule has 310 valence electrons. The van der Waals surface area contributed by atoms with E-state index in [0.29, 0.717) is 85.3 Å². The molecule has 1 atom stereocenters. The van der Waals surface area contributed by atoms with Crippen LogP contribution in [0.4, 0.5) is 47.7 Å². The minimum atomic E-state index is -3.48. The van der Waals surface area contributed by atoms with Crippen molar-refractivity contribution in [1.29, 1.82) is 0 Å². The third kappa shape index (κ3) is 8.70. The maximum atomic E-state index is 15.6. The molecule has 59 heavy (non-hydrogen) atoms. The number of aromatic nitrogens is 3. The molecular weight excluding hydrogens is 786 g/mol. The number of amides is 2. The molecule has 2 saturated heterocycles. The number of rotatable bonds is 14. The zero-order valence-corrected chi connectivity index (χ0v) is 33.2. The number of fused-ring (bicyclic) bond motifs is 2. The van der Waals surface area contributed by atoms with E-state index < -0.39 is 39.4 Å². The van der Waals surface area contributed by atoms with Gasteiger partial charge in [0.2, 0.25) is 27.8 Å². The first kappa shape index (κ1) is 40.1. The van der Waals surface area contributed by atoms with Gasteiger partial charge in [0, 0.05) is 62.6 Å². The highest BCUT2D eigenvalue weighted by Gasteiger charge is 2.32. The first-order chi connectivity index (χ1) is 28.4. The zero-order chi connectivity index (χ0) is 41.3. The smallest absolute Gasteiger partial charge is 0.234 e. The normalized spacial score (nSPS) is 17.4. The third-order valence-electron chi connectivity index (χ3n) is 11.2. The SMILES string of the molecule is CS(=O)(=O)N1CCc2cccc(Nc3nc(Nc4ccc(N5CCC(NCCNCCc6ccc(C7CCC(=O)NC7=O)c(F)c6F)CC5)c(F)c4)nc4[nH]ccc34)c21. The number of hydrogen-bond donors (Lipinski definition) is 6. The number of imide groups is 1. The molecule has 0 bridgehead atoms. The average Bonchev–Trinajstić information content (AvgIpc) is 3.87. The van der Waals surface area contributed by atoms with Crippen molar-refractivity contribution in [3.05, 3.63) is 94.9 Å². The van der Waals surface area contributed by atoms with Gasteiger partial charge in [-0.05, 0) is 80.1 Å². The summed E-state index contributed by atoms with van der Waals surface area (Å²) in [6.45, 7) is 3.42. The number of H-pyrrole nitrogens is 1. The van der Waals surface area contributed by atoms with E-state index in [9.17, 15) is 26.8 Å². The van der Waals surface area contributed by atoms with Crippen molar-refractivity contribution >= 4 is 67.4 Å². The topological polar surface area (TPSA) is 176 Å². The van der Waals surface area contributed by atoms with Crippen LogP contribution < -0.4 is 35.8 Å². The van der Waals surface area contributed by atoms with Crippen molar-refractivity contribution in [3.63, 3.8) is 0 Å². The molecule has 0 aliphatic carbocycles. The summed E-state index contributed by atoms with van der Waals surface area (Å²) < 4.78 is 71.8. The van der Waals surface area contributed by atoms with Crippen LogP contribution in [0.3, 0.4) is 0 Å². The van der Waals surface area contributed by atoms with E-state index >= 15 is 4.39 Å². The summed E-state index contributed by atoms with van der Waals surface area (Å²) in [6, 6.07) is 15.6. The standard InChI is InChI=1S/C41H45F3N10O4S/c1-59(57,58)54-22-13-25-3-2-4-32(37(25)54)49-39-30-12-17-47-38(30)51-41(52-39)48-27-6-9-33(31(42)23-27)53-20-14-26(15-21-53)46-19-18-45-16-11-24-5-7-28(36(44)35(24)43)29-8-10-34(55)50-40(29)56/h2-7,9,12,17,23,26,29,45-46H,8,10-11,13-16,18-22H2,1H3,(H,50,55,56)(H3,47,48,49,51,52). The van der Waals surface area contributed by atoms with E-state index in [2.05, 4.69) is 36.6 Å². The monoisotopic (exact) mass is 830 g/mol. The quantitative estimate of drug-likeness (QED) is 0.0649. The second-order valence-electron chi connectivity index (χ2n) is 15.1. The summed E-state index contributed by atoms with van der Waals surface area (Å²) >= 11 is 0. The Kier molecular flexibility index (Phi) is 11.5. The van der Waals surface area contributed by atoms with Crippen LogP contribution in [0, 0.1) is 17.5 Å². The van der Waals surface area contributed by atoms with Gasteiger partial charge in [0.05, 0.1) is 34.6 Å². The number of nitrogens with one attached hydrogen (secondary N) is 6. The van der Waals surface area contributed by atoms with Crippen LogP contribution in [0.15, 0.2) is 60.8 Å². The van der Waals surface area contributed by atoms with Gasteiger partial charge < -0.3 is 31.2 Å². The number of halogens is 3. The molecule has 5 aromatic rings. The van der Waals surface area contributed by atoms with Gasteiger partial charge in [0.15, 0.2) is 11.6 Å². The van der Waals surface area contributed by atoms with Gasteiger partial charge in [-0.3, -0.25) is 19.2 Å². The molecule has 14 nitrogen and oxygen atoms in total. The van der Waals surface area contributed by atoms with E-state index in [1.807, 2.05) is 29.2 Å². The fourth-order valence-corrected chi connectivity index (χ4v) is 9.11. The number of hydrogen-bond acceptors (Lipinski definition) is 11. The minimum Gasteiger partial charge on any atom is -0.369 e. The Hall–Kier alpha value is -5.72. The minimum absolute atomic E-state index is 0.0313. The van der Waals surface area contributed by atoms with E-state index in [-0.39, 0.29) is 48.2 Å². The van der Waals surface area contributed by atoms with Gasteiger partial charge in [-0.25, -0.2) is 21.6 Å². The summed E-state index contributed by atoms with van der Waals surface area (Å²) in [7, 11) is -3.48. The number of aromatic amines is 1. The van der Waals surface area contributed by atoms with Gasteiger partial charge in [0.1, 0.15) is 17.3 Å². The number of sulfonamides is 1. The molecule has 1 unspecified atom stereocenters. The molecule has 0 radical (unpaired) electrons. The van der Waals surface area contributed by atoms with E-state index in [4.69, 9.17) is 4.98 Å². The Morgan fingerprint density at radius 1 is 0.881 bits per heavy atom. The lowest BCUT2D eigenvalue weighted by Gasteiger charge is -2.34. The Morgan fingerprint density at radius 3 is 2.49 bits per heavy atom. The average molecular weight is 831 g/mol. The summed E-state index contributed by atoms with van der Waals surface area (Å²) in [5.41, 5.74) is 3.82. The highest BCUT2D eigenvalue weighted by Crippen LogP contribution is 2.39. The molecule has 3 aliphatic rings. The largest absolute Gasteiger partial charge is 0.369 e. The van der Waals surface area contributed by atoms with Crippen LogP contribution in [-0.4, -0.2) is 86.8 Å². The van der Waals surface area contributed by atoms with Crippen molar-refractivity contribution in [2.75, 3.05) is 65.4 Å². The highest BCUT2D eigenvalue weighted by molar-refractivity contribution is 7.92. The van der Waals surface area contributed by atoms with Crippen molar-refractivity contribution in [2.24, 2.45) is 0 Å². The van der Waals surface area contributed by atoms with Crippen molar-refractivity contribution in [3.8, 4) is 0 Å². The van der Waals surface area contributed by atoms with Gasteiger partial charge in [-0.1, -0.05) is 24.3 Å². The molecule has 2 aromatic heterocycles. The Morgan fingerprint density at radius 2 is 1.71 bits per heavy atom. The van der Waals surface area contributed by atoms with E-state index in [1.165, 1.54) is 28.8 Å². The first-order valence-electron chi connectivity index (χ1n) is 19.7. The van der Waals surface area contributed by atoms with Crippen LogP contribution in [0.2, 0.25) is 0 Å². The van der Waals surface area contributed by atoms with Crippen molar-refractivity contribution in [1.82, 2.24) is 30.9 Å². The zero-order valence-electron chi connectivity index (χ0n) is 32.4. The number of para-hydroxylation sites is 1. The fraction of sp³-hybridized carbons (Fsp3) is 0.366. The van der Waals surface area contributed by atoms with E-state index in [0.717, 1.165) is 18.4 Å². The molecule has 18 heteroatoms. The van der Waals surface area contributed by atoms with Gasteiger partial charge in [-0.2, -0.15) is 9.97 Å². The molecule has 0 spiro atoms. The van der Waals surface area contributed by atoms with Crippen molar-refractivity contribution in [2.45, 2.75) is 50.5 Å². The second kappa shape index (κ2) is 16.9. The summed E-state index contributed by atoms with van der Waals surface area (Å²) in [6.07, 6.45) is 5.68. The van der Waals surface area contributed by atoms with E-state index in [1.54, 1.807) is 18.3 Å². The summed E-state index contributed by atoms with van der Waals surface area (Å²) in [5.74, 6) is -3.61. The first-order valence-corrected chi connectivity index (χ1v) is 21.6. The summed E-state index contributed by atoms with van der Waals surface area (Å²) in [5, 5.41) is 16.1. The third-order valence-corrected chi connectivity index (χ3v) is 12.3. The molecule has 3 aromatic carbocycles. The van der Waals surface area contributed by atoms with Crippen molar-refractivity contribution < 1.29 is 31.2 Å². The predicted octanol–water partition coefficient (Wildman–Crippen LogP) is 5.10. The molecule has 2 amide bonds. The number of benzene rings is 3. The lowest BCUT2D eigenvalue weighted by atomic mass is 9.89. The van der Waals surface area contributed by atoms with Crippen LogP contribution in [0.1, 0.15) is 48.3 Å². The number of carbonyl (C=O) groups is 2. The molecule has 3 aliphatic heterocycles. The summed E-state index contributed by atoms with van der Waals surface area (Å²) in [4.78, 5) is 38.0. The maximum absolute atomic E-state index is 15.6. The van der Waals surface area contributed by atoms with Crippen LogP contribution in [-0.2, 0) is 32.5 Å². The van der Waals surface area contributed by atoms with Gasteiger partial charge >= 0.3 is 0 Å². The number of piperidine rings is 2. The lowest BCUT2D eigenvalue weighted by molar-refractivity contribution is -0.134. The molecule has 6 N–H and O–H groups in total. The second-order valence-corrected chi connectivity index (χ2v) is 17.0. The van der Waals surface area contributed by atoms with Crippen LogP contribution in [0.5, 0.6) is 0 Å². The molecular formula is C41H45F3N10O4S. The van der Waals surface area contributed by atoms with Gasteiger partial charge in [-0.15, -0.1) is 0 Å². The lowest BCUT2D eigenvalue weighted by Crippen LogP contribution is -2.44. The Bertz CT molecular complexity index is 2510. The Balaban J connectivity index is 0.810. The molecule has 8 rings (SSSR count). The molecule has 2 fully saturated rings. The maximum Gasteiger partial charge on any atom is 0.234 e. The number of anilines is 6. The molecule has 5 heterocycles. The Labute approximate surface area is 339 Å². The fourth-order valence-electron chi connectivity index (χ4n) is 8.14. The van der Waals surface area contributed by atoms with Gasteiger partial charge in [0.25, 0.3) is 0 Å². The highest BCUT2D eigenvalue weighted by atomic mass is 32.2. The van der Waals surface area contributed by atoms with Crippen LogP contribution >= 0.6 is 0 Å². The predicted molar refractivity (Wildman–Crippen MR) is 220 cm³/mol. The van der Waals surface area contributed by atoms with Crippen LogP contribution in [0.25, 0.3) is 11.0 Å². The number of nitrogens with zero attached hydrogens (tertiary/aromatic N) is 4.